The third kappa shape index (κ3) is 4.56. The maximum atomic E-state index is 12.7. The molecule has 0 aliphatic rings. The molecule has 1 atom stereocenters. The Hall–Kier alpha value is -3.49. The highest BCUT2D eigenvalue weighted by atomic mass is 16.3. The molecule has 2 heterocycles. The van der Waals surface area contributed by atoms with Crippen LogP contribution in [0.2, 0.25) is 0 Å². The maximum absolute atomic E-state index is 12.7. The van der Waals surface area contributed by atoms with E-state index in [0.29, 0.717) is 30.8 Å². The molecule has 2 aromatic carbocycles. The number of hydrogen-bond acceptors (Lipinski definition) is 5. The van der Waals surface area contributed by atoms with Crippen LogP contribution in [0.15, 0.2) is 76.6 Å². The lowest BCUT2D eigenvalue weighted by Gasteiger charge is -2.25. The first-order valence-electron chi connectivity index (χ1n) is 10.5. The minimum Gasteiger partial charge on any atom is -0.390 e. The van der Waals surface area contributed by atoms with Gasteiger partial charge in [0, 0.05) is 33.7 Å². The van der Waals surface area contributed by atoms with Gasteiger partial charge in [-0.25, -0.2) is 9.78 Å². The van der Waals surface area contributed by atoms with Crippen LogP contribution in [0.1, 0.15) is 11.1 Å². The lowest BCUT2D eigenvalue weighted by molar-refractivity contribution is 0.0915. The van der Waals surface area contributed by atoms with Gasteiger partial charge >= 0.3 is 5.69 Å². The van der Waals surface area contributed by atoms with Crippen LogP contribution < -0.4 is 11.2 Å². The molecule has 8 heteroatoms. The summed E-state index contributed by atoms with van der Waals surface area (Å²) in [5.74, 6) is 0. The average molecular weight is 434 g/mol. The summed E-state index contributed by atoms with van der Waals surface area (Å²) in [6, 6.07) is 20.3. The largest absolute Gasteiger partial charge is 0.390 e. The van der Waals surface area contributed by atoms with Crippen LogP contribution >= 0.6 is 0 Å². The first kappa shape index (κ1) is 21.7. The fourth-order valence-corrected chi connectivity index (χ4v) is 3.99. The second kappa shape index (κ2) is 9.33. The molecule has 4 rings (SSSR count). The van der Waals surface area contributed by atoms with Crippen LogP contribution in [-0.4, -0.2) is 41.3 Å². The Balaban J connectivity index is 1.56. The topological polar surface area (TPSA) is 85.3 Å². The number of aliphatic hydroxyl groups excluding tert-OH is 1. The molecular weight excluding hydrogens is 406 g/mol. The van der Waals surface area contributed by atoms with E-state index in [0.717, 1.165) is 15.7 Å². The second-order valence-electron chi connectivity index (χ2n) is 8.07. The third-order valence-corrected chi connectivity index (χ3v) is 5.59. The van der Waals surface area contributed by atoms with Gasteiger partial charge in [-0.1, -0.05) is 60.7 Å². The lowest BCUT2D eigenvalue weighted by atomic mass is 10.1. The van der Waals surface area contributed by atoms with Crippen LogP contribution in [0.5, 0.6) is 0 Å². The molecule has 0 fully saturated rings. The van der Waals surface area contributed by atoms with Crippen molar-refractivity contribution in [3.8, 4) is 0 Å². The van der Waals surface area contributed by atoms with Crippen LogP contribution in [0.4, 0.5) is 0 Å². The number of aryl methyl sites for hydroxylation is 1. The Labute approximate surface area is 185 Å². The van der Waals surface area contributed by atoms with E-state index in [-0.39, 0.29) is 6.54 Å². The minimum atomic E-state index is -0.734. The number of nitrogens with zero attached hydrogens (tertiary/aromatic N) is 5. The lowest BCUT2D eigenvalue weighted by Crippen LogP contribution is -2.38. The van der Waals surface area contributed by atoms with Crippen molar-refractivity contribution < 1.29 is 5.11 Å². The molecule has 0 bridgehead atoms. The SMILES string of the molecule is Cn1c(=O)c2c(ncn2CC(O)CN(Cc2ccccc2)Cc2ccccc2)n(C)c1=O. The first-order chi connectivity index (χ1) is 15.4. The average Bonchev–Trinajstić information content (AvgIpc) is 3.21. The molecule has 2 aromatic heterocycles. The maximum Gasteiger partial charge on any atom is 0.332 e. The van der Waals surface area contributed by atoms with Crippen LogP contribution in [0.3, 0.4) is 0 Å². The normalized spacial score (nSPS) is 12.5. The summed E-state index contributed by atoms with van der Waals surface area (Å²) >= 11 is 0. The zero-order valence-corrected chi connectivity index (χ0v) is 18.3. The van der Waals surface area contributed by atoms with E-state index in [1.807, 2.05) is 36.4 Å². The van der Waals surface area contributed by atoms with Gasteiger partial charge in [-0.3, -0.25) is 18.8 Å². The zero-order valence-electron chi connectivity index (χ0n) is 18.3. The molecular formula is C24H27N5O3. The fourth-order valence-electron chi connectivity index (χ4n) is 3.99. The van der Waals surface area contributed by atoms with Gasteiger partial charge in [0.2, 0.25) is 0 Å². The first-order valence-corrected chi connectivity index (χ1v) is 10.5. The molecule has 0 spiro atoms. The summed E-state index contributed by atoms with van der Waals surface area (Å²) in [6.07, 6.45) is 0.773. The van der Waals surface area contributed by atoms with Crippen LogP contribution in [-0.2, 0) is 33.7 Å². The predicted octanol–water partition coefficient (Wildman–Crippen LogP) is 1.50. The smallest absolute Gasteiger partial charge is 0.332 e. The fraction of sp³-hybridized carbons (Fsp3) is 0.292. The summed E-state index contributed by atoms with van der Waals surface area (Å²) in [6.45, 7) is 1.99. The molecule has 0 saturated carbocycles. The number of benzene rings is 2. The van der Waals surface area contributed by atoms with E-state index in [2.05, 4.69) is 34.1 Å². The van der Waals surface area contributed by atoms with Gasteiger partial charge in [0.05, 0.1) is 19.0 Å². The summed E-state index contributed by atoms with van der Waals surface area (Å²) < 4.78 is 4.03. The van der Waals surface area contributed by atoms with Gasteiger partial charge in [0.25, 0.3) is 5.56 Å². The molecule has 0 aliphatic carbocycles. The minimum absolute atomic E-state index is 0.198. The number of hydrogen-bond donors (Lipinski definition) is 1. The highest BCUT2D eigenvalue weighted by Gasteiger charge is 2.18. The Bertz CT molecular complexity index is 1270. The zero-order chi connectivity index (χ0) is 22.7. The van der Waals surface area contributed by atoms with Gasteiger partial charge < -0.3 is 9.67 Å². The predicted molar refractivity (Wildman–Crippen MR) is 123 cm³/mol. The van der Waals surface area contributed by atoms with Gasteiger partial charge in [0.1, 0.15) is 0 Å². The molecule has 0 aliphatic heterocycles. The number of imidazole rings is 1. The summed E-state index contributed by atoms with van der Waals surface area (Å²) in [5, 5.41) is 10.9. The second-order valence-corrected chi connectivity index (χ2v) is 8.07. The number of aromatic nitrogens is 4. The molecule has 8 nitrogen and oxygen atoms in total. The van der Waals surface area contributed by atoms with Gasteiger partial charge in [-0.2, -0.15) is 0 Å². The monoisotopic (exact) mass is 433 g/mol. The summed E-state index contributed by atoms with van der Waals surface area (Å²) in [7, 11) is 3.03. The van der Waals surface area contributed by atoms with E-state index in [1.165, 1.54) is 17.9 Å². The van der Waals surface area contributed by atoms with Crippen molar-refractivity contribution in [2.45, 2.75) is 25.7 Å². The summed E-state index contributed by atoms with van der Waals surface area (Å²) in [4.78, 5) is 31.2. The third-order valence-electron chi connectivity index (χ3n) is 5.59. The number of fused-ring (bicyclic) bond motifs is 1. The van der Waals surface area contributed by atoms with Crippen LogP contribution in [0, 0.1) is 0 Å². The van der Waals surface area contributed by atoms with E-state index < -0.39 is 17.4 Å². The van der Waals surface area contributed by atoms with Gasteiger partial charge in [0.15, 0.2) is 11.2 Å². The van der Waals surface area contributed by atoms with Crippen molar-refractivity contribution in [3.63, 3.8) is 0 Å². The highest BCUT2D eigenvalue weighted by molar-refractivity contribution is 5.69. The highest BCUT2D eigenvalue weighted by Crippen LogP contribution is 2.12. The number of rotatable bonds is 8. The van der Waals surface area contributed by atoms with Gasteiger partial charge in [-0.05, 0) is 11.1 Å². The number of aliphatic hydroxyl groups is 1. The van der Waals surface area contributed by atoms with E-state index >= 15 is 0 Å². The van der Waals surface area contributed by atoms with E-state index in [9.17, 15) is 14.7 Å². The molecule has 32 heavy (non-hydrogen) atoms. The quantitative estimate of drug-likeness (QED) is 0.455. The molecule has 0 radical (unpaired) electrons. The van der Waals surface area contributed by atoms with Crippen molar-refractivity contribution in [2.75, 3.05) is 6.54 Å². The van der Waals surface area contributed by atoms with Gasteiger partial charge in [-0.15, -0.1) is 0 Å². The van der Waals surface area contributed by atoms with Crippen molar-refractivity contribution in [1.82, 2.24) is 23.6 Å². The molecule has 1 unspecified atom stereocenters. The summed E-state index contributed by atoms with van der Waals surface area (Å²) in [5.41, 5.74) is 2.10. The van der Waals surface area contributed by atoms with Crippen molar-refractivity contribution in [3.05, 3.63) is 99.0 Å². The Kier molecular flexibility index (Phi) is 6.34. The molecule has 0 amide bonds. The molecule has 166 valence electrons. The van der Waals surface area contributed by atoms with Crippen molar-refractivity contribution >= 4 is 11.2 Å². The molecule has 1 N–H and O–H groups in total. The van der Waals surface area contributed by atoms with E-state index in [1.54, 1.807) is 11.6 Å². The molecule has 4 aromatic rings. The van der Waals surface area contributed by atoms with Crippen molar-refractivity contribution in [1.29, 1.82) is 0 Å². The Morgan fingerprint density at radius 3 is 2.03 bits per heavy atom. The Morgan fingerprint density at radius 2 is 1.47 bits per heavy atom. The van der Waals surface area contributed by atoms with Crippen molar-refractivity contribution in [2.24, 2.45) is 14.1 Å². The standard InChI is InChI=1S/C24H27N5O3/c1-26-22-21(23(31)27(2)24(26)32)29(17-25-22)16-20(30)15-28(13-18-9-5-3-6-10-18)14-19-11-7-4-8-12-19/h3-12,17,20,30H,13-16H2,1-2H3. The van der Waals surface area contributed by atoms with Crippen LogP contribution in [0.25, 0.3) is 11.2 Å². The Morgan fingerprint density at radius 1 is 0.906 bits per heavy atom. The van der Waals surface area contributed by atoms with E-state index in [4.69, 9.17) is 0 Å². The molecule has 0 saturated heterocycles.